The van der Waals surface area contributed by atoms with Crippen LogP contribution in [0.25, 0.3) is 0 Å². The van der Waals surface area contributed by atoms with Crippen LogP contribution in [0, 0.1) is 0 Å². The van der Waals surface area contributed by atoms with Crippen LogP contribution < -0.4 is 5.32 Å². The fourth-order valence-electron chi connectivity index (χ4n) is 1.54. The highest BCUT2D eigenvalue weighted by Crippen LogP contribution is 2.07. The molecule has 0 bridgehead atoms. The number of aromatic carboxylic acids is 1. The first-order valence-electron chi connectivity index (χ1n) is 6.13. The van der Waals surface area contributed by atoms with Gasteiger partial charge in [-0.25, -0.2) is 9.78 Å². The Morgan fingerprint density at radius 1 is 1.28 bits per heavy atom. The Morgan fingerprint density at radius 3 is 2.72 bits per heavy atom. The maximum atomic E-state index is 11.6. The van der Waals surface area contributed by atoms with Crippen LogP contribution in [-0.4, -0.2) is 22.0 Å². The van der Waals surface area contributed by atoms with E-state index in [1.54, 1.807) is 12.1 Å². The molecule has 0 aliphatic heterocycles. The number of amides is 1. The molecule has 5 heteroatoms. The molecule has 0 fully saturated rings. The van der Waals surface area contributed by atoms with E-state index in [2.05, 4.69) is 17.2 Å². The molecule has 1 heterocycles. The molecule has 0 aromatic carbocycles. The lowest BCUT2D eigenvalue weighted by Gasteiger charge is -2.04. The van der Waals surface area contributed by atoms with Crippen molar-refractivity contribution in [3.05, 3.63) is 23.9 Å². The van der Waals surface area contributed by atoms with Crippen molar-refractivity contribution in [1.29, 1.82) is 0 Å². The number of rotatable bonds is 7. The monoisotopic (exact) mass is 250 g/mol. The highest BCUT2D eigenvalue weighted by Gasteiger charge is 2.07. The largest absolute Gasteiger partial charge is 0.477 e. The maximum absolute atomic E-state index is 11.6. The van der Waals surface area contributed by atoms with Gasteiger partial charge in [-0.1, -0.05) is 32.3 Å². The predicted molar refractivity (Wildman–Crippen MR) is 68.6 cm³/mol. The molecule has 0 aliphatic rings. The summed E-state index contributed by atoms with van der Waals surface area (Å²) in [4.78, 5) is 26.1. The molecular formula is C13H18N2O3. The molecule has 1 amide bonds. The van der Waals surface area contributed by atoms with Crippen molar-refractivity contribution < 1.29 is 14.7 Å². The molecule has 18 heavy (non-hydrogen) atoms. The van der Waals surface area contributed by atoms with Gasteiger partial charge >= 0.3 is 5.97 Å². The number of nitrogens with zero attached hydrogens (tertiary/aromatic N) is 1. The van der Waals surface area contributed by atoms with Gasteiger partial charge in [-0.15, -0.1) is 0 Å². The SMILES string of the molecule is CCCCCCC(=O)Nc1cccc(C(=O)O)n1. The van der Waals surface area contributed by atoms with Gasteiger partial charge in [-0.3, -0.25) is 4.79 Å². The van der Waals surface area contributed by atoms with Gasteiger partial charge in [0.15, 0.2) is 5.69 Å². The third-order valence-corrected chi connectivity index (χ3v) is 2.49. The summed E-state index contributed by atoms with van der Waals surface area (Å²) in [5, 5.41) is 11.4. The quantitative estimate of drug-likeness (QED) is 0.729. The second-order valence-corrected chi connectivity index (χ2v) is 4.07. The molecule has 0 radical (unpaired) electrons. The van der Waals surface area contributed by atoms with Gasteiger partial charge in [0, 0.05) is 6.42 Å². The van der Waals surface area contributed by atoms with E-state index in [4.69, 9.17) is 5.11 Å². The zero-order valence-electron chi connectivity index (χ0n) is 10.5. The van der Waals surface area contributed by atoms with Crippen molar-refractivity contribution >= 4 is 17.7 Å². The first-order valence-corrected chi connectivity index (χ1v) is 6.13. The molecule has 5 nitrogen and oxygen atoms in total. The Bertz CT molecular complexity index is 418. The van der Waals surface area contributed by atoms with Crippen molar-refractivity contribution in [2.45, 2.75) is 39.0 Å². The van der Waals surface area contributed by atoms with Gasteiger partial charge in [0.05, 0.1) is 0 Å². The van der Waals surface area contributed by atoms with Gasteiger partial charge in [0.2, 0.25) is 5.91 Å². The third-order valence-electron chi connectivity index (χ3n) is 2.49. The third kappa shape index (κ3) is 4.95. The van der Waals surface area contributed by atoms with Crippen LogP contribution in [0.4, 0.5) is 5.82 Å². The number of aromatic nitrogens is 1. The Morgan fingerprint density at radius 2 is 2.06 bits per heavy atom. The Balaban J connectivity index is 2.44. The number of pyridine rings is 1. The maximum Gasteiger partial charge on any atom is 0.354 e. The zero-order valence-corrected chi connectivity index (χ0v) is 10.5. The average Bonchev–Trinajstić information content (AvgIpc) is 2.35. The molecule has 0 unspecified atom stereocenters. The van der Waals surface area contributed by atoms with E-state index in [0.29, 0.717) is 6.42 Å². The Hall–Kier alpha value is -1.91. The van der Waals surface area contributed by atoms with Gasteiger partial charge < -0.3 is 10.4 Å². The molecular weight excluding hydrogens is 232 g/mol. The highest BCUT2D eigenvalue weighted by atomic mass is 16.4. The van der Waals surface area contributed by atoms with Crippen LogP contribution in [0.5, 0.6) is 0 Å². The Labute approximate surface area is 106 Å². The molecule has 2 N–H and O–H groups in total. The van der Waals surface area contributed by atoms with E-state index >= 15 is 0 Å². The minimum absolute atomic E-state index is 0.0706. The number of carboxylic acid groups (broad SMARTS) is 1. The standard InChI is InChI=1S/C13H18N2O3/c1-2-3-4-5-9-12(16)15-11-8-6-7-10(14-11)13(17)18/h6-8H,2-5,9H2,1H3,(H,17,18)(H,14,15,16). The lowest BCUT2D eigenvalue weighted by atomic mass is 10.1. The number of unbranched alkanes of at least 4 members (excludes halogenated alkanes) is 3. The number of nitrogens with one attached hydrogen (secondary N) is 1. The number of hydrogen-bond donors (Lipinski definition) is 2. The van der Waals surface area contributed by atoms with Crippen molar-refractivity contribution in [2.24, 2.45) is 0 Å². The fourth-order valence-corrected chi connectivity index (χ4v) is 1.54. The Kier molecular flexibility index (Phi) is 5.84. The van der Waals surface area contributed by atoms with Crippen molar-refractivity contribution in [1.82, 2.24) is 4.98 Å². The molecule has 0 saturated carbocycles. The molecule has 98 valence electrons. The molecule has 1 aromatic heterocycles. The normalized spacial score (nSPS) is 10.1. The van der Waals surface area contributed by atoms with Gasteiger partial charge in [-0.2, -0.15) is 0 Å². The second-order valence-electron chi connectivity index (χ2n) is 4.07. The summed E-state index contributed by atoms with van der Waals surface area (Å²) in [5.74, 6) is -0.939. The number of carbonyl (C=O) groups excluding carboxylic acids is 1. The summed E-state index contributed by atoms with van der Waals surface area (Å²) in [7, 11) is 0. The van der Waals surface area contributed by atoms with Crippen LogP contribution in [-0.2, 0) is 4.79 Å². The zero-order chi connectivity index (χ0) is 13.4. The predicted octanol–water partition coefficient (Wildman–Crippen LogP) is 2.69. The lowest BCUT2D eigenvalue weighted by Crippen LogP contribution is -2.13. The minimum atomic E-state index is -1.10. The van der Waals surface area contributed by atoms with Gasteiger partial charge in [0.1, 0.15) is 5.82 Å². The van der Waals surface area contributed by atoms with E-state index < -0.39 is 5.97 Å². The summed E-state index contributed by atoms with van der Waals surface area (Å²) >= 11 is 0. The van der Waals surface area contributed by atoms with E-state index in [9.17, 15) is 9.59 Å². The lowest BCUT2D eigenvalue weighted by molar-refractivity contribution is -0.116. The summed E-state index contributed by atoms with van der Waals surface area (Å²) in [6.07, 6.45) is 4.58. The fraction of sp³-hybridized carbons (Fsp3) is 0.462. The van der Waals surface area contributed by atoms with E-state index in [0.717, 1.165) is 25.7 Å². The summed E-state index contributed by atoms with van der Waals surface area (Å²) in [6.45, 7) is 2.11. The van der Waals surface area contributed by atoms with E-state index in [-0.39, 0.29) is 17.4 Å². The van der Waals surface area contributed by atoms with Crippen molar-refractivity contribution in [3.63, 3.8) is 0 Å². The number of hydrogen-bond acceptors (Lipinski definition) is 3. The summed E-state index contributed by atoms with van der Waals surface area (Å²) in [6, 6.07) is 4.53. The molecule has 0 spiro atoms. The summed E-state index contributed by atoms with van der Waals surface area (Å²) < 4.78 is 0. The molecule has 0 saturated heterocycles. The number of carbonyl (C=O) groups is 2. The molecule has 1 rings (SSSR count). The average molecular weight is 250 g/mol. The molecule has 1 aromatic rings. The van der Waals surface area contributed by atoms with E-state index in [1.807, 2.05) is 0 Å². The molecule has 0 aliphatic carbocycles. The van der Waals surface area contributed by atoms with Crippen LogP contribution in [0.15, 0.2) is 18.2 Å². The first kappa shape index (κ1) is 14.2. The topological polar surface area (TPSA) is 79.3 Å². The second kappa shape index (κ2) is 7.42. The summed E-state index contributed by atoms with van der Waals surface area (Å²) in [5.41, 5.74) is -0.0706. The number of carboxylic acids is 1. The van der Waals surface area contributed by atoms with E-state index in [1.165, 1.54) is 6.07 Å². The van der Waals surface area contributed by atoms with Crippen LogP contribution in [0.3, 0.4) is 0 Å². The van der Waals surface area contributed by atoms with Crippen molar-refractivity contribution in [3.8, 4) is 0 Å². The van der Waals surface area contributed by atoms with Gasteiger partial charge in [-0.05, 0) is 18.6 Å². The van der Waals surface area contributed by atoms with Crippen LogP contribution in [0.1, 0.15) is 49.5 Å². The number of anilines is 1. The van der Waals surface area contributed by atoms with Gasteiger partial charge in [0.25, 0.3) is 0 Å². The first-order chi connectivity index (χ1) is 8.63. The highest BCUT2D eigenvalue weighted by molar-refractivity contribution is 5.91. The molecule has 0 atom stereocenters. The smallest absolute Gasteiger partial charge is 0.354 e. The van der Waals surface area contributed by atoms with Crippen LogP contribution in [0.2, 0.25) is 0 Å². The van der Waals surface area contributed by atoms with Crippen molar-refractivity contribution in [2.75, 3.05) is 5.32 Å². The minimum Gasteiger partial charge on any atom is -0.477 e. The van der Waals surface area contributed by atoms with Crippen LogP contribution >= 0.6 is 0 Å².